The Morgan fingerprint density at radius 2 is 1.65 bits per heavy atom. The van der Waals surface area contributed by atoms with Gasteiger partial charge in [0.15, 0.2) is 0 Å². The number of primary sulfonamides is 1. The summed E-state index contributed by atoms with van der Waals surface area (Å²) >= 11 is 0. The number of hydrogen-bond acceptors (Lipinski definition) is 4. The predicted octanol–water partition coefficient (Wildman–Crippen LogP) is 1.91. The van der Waals surface area contributed by atoms with Gasteiger partial charge in [0.25, 0.3) is 15.2 Å². The maximum absolute atomic E-state index is 11.7. The molecule has 6 nitrogen and oxygen atoms in total. The second kappa shape index (κ2) is 5.11. The van der Waals surface area contributed by atoms with Gasteiger partial charge in [0.2, 0.25) is 0 Å². The number of aromatic nitrogens is 3. The second-order valence-electron chi connectivity index (χ2n) is 7.42. The van der Waals surface area contributed by atoms with E-state index in [9.17, 15) is 8.42 Å². The molecule has 1 unspecified atom stereocenters. The van der Waals surface area contributed by atoms with Gasteiger partial charge in [-0.25, -0.2) is 13.6 Å². The van der Waals surface area contributed by atoms with Crippen LogP contribution in [0.3, 0.4) is 0 Å². The molecule has 7 heteroatoms. The summed E-state index contributed by atoms with van der Waals surface area (Å²) in [6, 6.07) is 0. The van der Waals surface area contributed by atoms with Crippen LogP contribution in [-0.2, 0) is 22.0 Å². The molecule has 1 aromatic heterocycles. The highest BCUT2D eigenvalue weighted by atomic mass is 32.2. The lowest BCUT2D eigenvalue weighted by Gasteiger charge is -2.29. The number of nitrogens with zero attached hydrogens (tertiary/aromatic N) is 3. The maximum Gasteiger partial charge on any atom is 0.273 e. The zero-order valence-electron chi connectivity index (χ0n) is 13.4. The number of sulfonamides is 1. The molecule has 0 aliphatic carbocycles. The highest BCUT2D eigenvalue weighted by molar-refractivity contribution is 7.89. The van der Waals surface area contributed by atoms with Crippen LogP contribution in [0, 0.1) is 11.3 Å². The van der Waals surface area contributed by atoms with Crippen LogP contribution in [0.25, 0.3) is 0 Å². The summed E-state index contributed by atoms with van der Waals surface area (Å²) in [5.74, 6) is 0.991. The van der Waals surface area contributed by atoms with Crippen molar-refractivity contribution in [2.75, 3.05) is 0 Å². The minimum absolute atomic E-state index is 0.108. The molecule has 0 aliphatic rings. The zero-order valence-corrected chi connectivity index (χ0v) is 14.2. The lowest BCUT2D eigenvalue weighted by atomic mass is 9.80. The molecule has 1 heterocycles. The lowest BCUT2D eigenvalue weighted by molar-refractivity contribution is 0.246. The Bertz CT molecular complexity index is 576. The van der Waals surface area contributed by atoms with E-state index in [2.05, 4.69) is 37.9 Å². The van der Waals surface area contributed by atoms with Crippen molar-refractivity contribution in [1.82, 2.24) is 14.8 Å². The van der Waals surface area contributed by atoms with Gasteiger partial charge in [-0.05, 0) is 32.1 Å². The highest BCUT2D eigenvalue weighted by Gasteiger charge is 2.31. The van der Waals surface area contributed by atoms with E-state index >= 15 is 0 Å². The Hall–Kier alpha value is -0.950. The van der Waals surface area contributed by atoms with Crippen molar-refractivity contribution in [3.05, 3.63) is 5.82 Å². The van der Waals surface area contributed by atoms with E-state index < -0.39 is 15.6 Å². The summed E-state index contributed by atoms with van der Waals surface area (Å²) < 4.78 is 24.9. The zero-order chi connectivity index (χ0) is 15.9. The molecule has 0 saturated carbocycles. The third kappa shape index (κ3) is 3.79. The standard InChI is InChI=1S/C13H26N4O2S/c1-9(12(2,3)4)8-10-15-16-11(20(14,18)19)17(10)13(5,6)7/h9H,8H2,1-7H3,(H2,14,18,19). The number of rotatable bonds is 3. The quantitative estimate of drug-likeness (QED) is 0.923. The highest BCUT2D eigenvalue weighted by Crippen LogP contribution is 2.30. The molecule has 0 saturated heterocycles. The van der Waals surface area contributed by atoms with Crippen LogP contribution in [-0.4, -0.2) is 23.2 Å². The fraction of sp³-hybridized carbons (Fsp3) is 0.846. The van der Waals surface area contributed by atoms with E-state index in [4.69, 9.17) is 5.14 Å². The Morgan fingerprint density at radius 3 is 2.00 bits per heavy atom. The number of nitrogens with two attached hydrogens (primary N) is 1. The van der Waals surface area contributed by atoms with Gasteiger partial charge in [-0.2, -0.15) is 0 Å². The molecule has 0 aromatic carbocycles. The van der Waals surface area contributed by atoms with Gasteiger partial charge >= 0.3 is 0 Å². The Morgan fingerprint density at radius 1 is 1.15 bits per heavy atom. The molecule has 0 aliphatic heterocycles. The molecule has 0 radical (unpaired) electrons. The first kappa shape index (κ1) is 17.1. The first-order valence-corrected chi connectivity index (χ1v) is 8.27. The molecule has 0 amide bonds. The largest absolute Gasteiger partial charge is 0.295 e. The van der Waals surface area contributed by atoms with E-state index in [1.807, 2.05) is 20.8 Å². The molecule has 1 rings (SSSR count). The summed E-state index contributed by atoms with van der Waals surface area (Å²) in [5, 5.41) is 12.9. The first-order chi connectivity index (χ1) is 8.74. The summed E-state index contributed by atoms with van der Waals surface area (Å²) in [6.07, 6.45) is 0.656. The number of hydrogen-bond donors (Lipinski definition) is 1. The van der Waals surface area contributed by atoms with E-state index in [1.54, 1.807) is 4.57 Å². The Labute approximate surface area is 121 Å². The SMILES string of the molecule is CC(Cc1nnc(S(N)(=O)=O)n1C(C)(C)C)C(C)(C)C. The minimum Gasteiger partial charge on any atom is -0.295 e. The van der Waals surface area contributed by atoms with Crippen molar-refractivity contribution in [3.63, 3.8) is 0 Å². The third-order valence-electron chi connectivity index (χ3n) is 3.59. The summed E-state index contributed by atoms with van der Waals surface area (Å²) in [4.78, 5) is 0. The van der Waals surface area contributed by atoms with Crippen molar-refractivity contribution in [1.29, 1.82) is 0 Å². The molecular formula is C13H26N4O2S. The average molecular weight is 302 g/mol. The molecule has 0 spiro atoms. The molecule has 20 heavy (non-hydrogen) atoms. The third-order valence-corrected chi connectivity index (χ3v) is 4.37. The van der Waals surface area contributed by atoms with Gasteiger partial charge in [-0.1, -0.05) is 27.7 Å². The van der Waals surface area contributed by atoms with Crippen LogP contribution >= 0.6 is 0 Å². The normalized spacial score (nSPS) is 15.4. The molecule has 1 atom stereocenters. The van der Waals surface area contributed by atoms with Crippen LogP contribution in [0.1, 0.15) is 54.3 Å². The van der Waals surface area contributed by atoms with Crippen molar-refractivity contribution in [3.8, 4) is 0 Å². The van der Waals surface area contributed by atoms with Gasteiger partial charge in [0.1, 0.15) is 5.82 Å². The minimum atomic E-state index is -3.88. The van der Waals surface area contributed by atoms with E-state index in [-0.39, 0.29) is 10.6 Å². The Balaban J connectivity index is 3.34. The van der Waals surface area contributed by atoms with Gasteiger partial charge in [0, 0.05) is 12.0 Å². The summed E-state index contributed by atoms with van der Waals surface area (Å²) in [7, 11) is -3.88. The van der Waals surface area contributed by atoms with Crippen molar-refractivity contribution < 1.29 is 8.42 Å². The molecule has 1 aromatic rings. The first-order valence-electron chi connectivity index (χ1n) is 6.72. The molecule has 0 fully saturated rings. The Kier molecular flexibility index (Phi) is 4.37. The fourth-order valence-electron chi connectivity index (χ4n) is 1.87. The molecular weight excluding hydrogens is 276 g/mol. The van der Waals surface area contributed by atoms with Crippen LogP contribution in [0.4, 0.5) is 0 Å². The van der Waals surface area contributed by atoms with Crippen LogP contribution in [0.15, 0.2) is 5.16 Å². The van der Waals surface area contributed by atoms with Gasteiger partial charge in [0.05, 0.1) is 0 Å². The molecule has 2 N–H and O–H groups in total. The van der Waals surface area contributed by atoms with Crippen molar-refractivity contribution in [2.45, 2.75) is 65.6 Å². The maximum atomic E-state index is 11.7. The van der Waals surface area contributed by atoms with Gasteiger partial charge < -0.3 is 0 Å². The molecule has 0 bridgehead atoms. The topological polar surface area (TPSA) is 90.9 Å². The second-order valence-corrected chi connectivity index (χ2v) is 8.88. The summed E-state index contributed by atoms with van der Waals surface area (Å²) in [5.41, 5.74) is -0.339. The smallest absolute Gasteiger partial charge is 0.273 e. The van der Waals surface area contributed by atoms with Crippen molar-refractivity contribution >= 4 is 10.0 Å². The van der Waals surface area contributed by atoms with Gasteiger partial charge in [-0.15, -0.1) is 10.2 Å². The summed E-state index contributed by atoms with van der Waals surface area (Å²) in [6.45, 7) is 14.3. The predicted molar refractivity (Wildman–Crippen MR) is 78.7 cm³/mol. The molecule has 116 valence electrons. The van der Waals surface area contributed by atoms with Crippen LogP contribution in [0.2, 0.25) is 0 Å². The lowest BCUT2D eigenvalue weighted by Crippen LogP contribution is -2.31. The van der Waals surface area contributed by atoms with Crippen LogP contribution in [0.5, 0.6) is 0 Å². The van der Waals surface area contributed by atoms with Crippen molar-refractivity contribution in [2.24, 2.45) is 16.5 Å². The van der Waals surface area contributed by atoms with Gasteiger partial charge in [-0.3, -0.25) is 4.57 Å². The van der Waals surface area contributed by atoms with Crippen LogP contribution < -0.4 is 5.14 Å². The fourth-order valence-corrected chi connectivity index (χ4v) is 2.66. The van der Waals surface area contributed by atoms with E-state index in [1.165, 1.54) is 0 Å². The average Bonchev–Trinajstić information content (AvgIpc) is 2.58. The van der Waals surface area contributed by atoms with E-state index in [0.29, 0.717) is 18.2 Å². The monoisotopic (exact) mass is 302 g/mol. The van der Waals surface area contributed by atoms with E-state index in [0.717, 1.165) is 0 Å².